The maximum Gasteiger partial charge on any atom is 0.206 e. The van der Waals surface area contributed by atoms with Crippen molar-refractivity contribution < 1.29 is 19.0 Å². The van der Waals surface area contributed by atoms with E-state index in [2.05, 4.69) is 0 Å². The minimum absolute atomic E-state index is 0.163. The van der Waals surface area contributed by atoms with Gasteiger partial charge in [-0.3, -0.25) is 4.79 Å². The average molecular weight is 238 g/mol. The largest absolute Gasteiger partial charge is 0.512 e. The van der Waals surface area contributed by atoms with Crippen LogP contribution >= 0.6 is 0 Å². The van der Waals surface area contributed by atoms with Gasteiger partial charge >= 0.3 is 0 Å². The minimum Gasteiger partial charge on any atom is -0.512 e. The molecule has 0 saturated carbocycles. The van der Waals surface area contributed by atoms with Gasteiger partial charge < -0.3 is 9.84 Å². The molecule has 0 radical (unpaired) electrons. The van der Waals surface area contributed by atoms with Crippen LogP contribution in [0.1, 0.15) is 20.8 Å². The molecule has 0 atom stereocenters. The zero-order valence-electron chi connectivity index (χ0n) is 10.0. The van der Waals surface area contributed by atoms with Crippen LogP contribution in [-0.2, 0) is 4.79 Å². The summed E-state index contributed by atoms with van der Waals surface area (Å²) in [5.74, 6) is -0.591. The number of halogens is 1. The molecule has 17 heavy (non-hydrogen) atoms. The van der Waals surface area contributed by atoms with Gasteiger partial charge in [-0.25, -0.2) is 4.39 Å². The summed E-state index contributed by atoms with van der Waals surface area (Å²) < 4.78 is 17.9. The van der Waals surface area contributed by atoms with Gasteiger partial charge in [0.15, 0.2) is 0 Å². The normalized spacial score (nSPS) is 12.4. The fourth-order valence-corrected chi connectivity index (χ4v) is 1.13. The lowest BCUT2D eigenvalue weighted by Crippen LogP contribution is -2.24. The summed E-state index contributed by atoms with van der Waals surface area (Å²) in [6.45, 7) is 5.15. The molecule has 1 rings (SSSR count). The number of aliphatic hydroxyl groups is 1. The maximum atomic E-state index is 12.7. The van der Waals surface area contributed by atoms with E-state index in [1.165, 1.54) is 24.3 Å². The second-order valence-corrected chi connectivity index (χ2v) is 4.63. The van der Waals surface area contributed by atoms with Crippen molar-refractivity contribution in [3.63, 3.8) is 0 Å². The van der Waals surface area contributed by atoms with E-state index in [4.69, 9.17) is 9.84 Å². The molecule has 0 aliphatic rings. The second kappa shape index (κ2) is 4.99. The predicted octanol–water partition coefficient (Wildman–Crippen LogP) is 3.22. The zero-order chi connectivity index (χ0) is 13.1. The Morgan fingerprint density at radius 1 is 1.29 bits per heavy atom. The molecule has 0 amide bonds. The van der Waals surface area contributed by atoms with Gasteiger partial charge in [-0.2, -0.15) is 0 Å². The van der Waals surface area contributed by atoms with Crippen LogP contribution in [0.5, 0.6) is 5.75 Å². The third kappa shape index (κ3) is 3.59. The van der Waals surface area contributed by atoms with E-state index in [1.54, 1.807) is 20.8 Å². The molecule has 1 N–H and O–H groups in total. The first-order chi connectivity index (χ1) is 7.84. The lowest BCUT2D eigenvalue weighted by atomic mass is 9.90. The third-order valence-electron chi connectivity index (χ3n) is 2.06. The second-order valence-electron chi connectivity index (χ2n) is 4.63. The Morgan fingerprint density at radius 2 is 1.82 bits per heavy atom. The van der Waals surface area contributed by atoms with Crippen molar-refractivity contribution in [3.8, 4) is 5.75 Å². The number of hydrogen-bond donors (Lipinski definition) is 1. The first-order valence-electron chi connectivity index (χ1n) is 5.17. The predicted molar refractivity (Wildman–Crippen MR) is 62.2 cm³/mol. The molecular formula is C13H15FO3. The molecule has 3 nitrogen and oxygen atoms in total. The highest BCUT2D eigenvalue weighted by Gasteiger charge is 2.27. The fourth-order valence-electron chi connectivity index (χ4n) is 1.13. The highest BCUT2D eigenvalue weighted by Crippen LogP contribution is 2.22. The summed E-state index contributed by atoms with van der Waals surface area (Å²) in [6.07, 6.45) is 0.622. The lowest BCUT2D eigenvalue weighted by molar-refractivity contribution is -0.124. The Bertz CT molecular complexity index is 427. The van der Waals surface area contributed by atoms with E-state index in [0.29, 0.717) is 12.0 Å². The lowest BCUT2D eigenvalue weighted by Gasteiger charge is -2.18. The van der Waals surface area contributed by atoms with Gasteiger partial charge in [-0.15, -0.1) is 0 Å². The highest BCUT2D eigenvalue weighted by molar-refractivity contribution is 5.97. The Labute approximate surface area is 99.5 Å². The van der Waals surface area contributed by atoms with Gasteiger partial charge in [-0.1, -0.05) is 20.8 Å². The van der Waals surface area contributed by atoms with Crippen molar-refractivity contribution in [1.29, 1.82) is 0 Å². The van der Waals surface area contributed by atoms with Crippen molar-refractivity contribution in [2.24, 2.45) is 5.41 Å². The fraction of sp³-hybridized carbons (Fsp3) is 0.308. The molecule has 0 aliphatic heterocycles. The van der Waals surface area contributed by atoms with E-state index in [9.17, 15) is 9.18 Å². The number of aliphatic hydroxyl groups excluding tert-OH is 1. The average Bonchev–Trinajstić information content (AvgIpc) is 2.26. The number of hydrogen-bond acceptors (Lipinski definition) is 3. The van der Waals surface area contributed by atoms with Crippen LogP contribution in [0.25, 0.3) is 0 Å². The Morgan fingerprint density at radius 3 is 2.24 bits per heavy atom. The topological polar surface area (TPSA) is 46.5 Å². The molecule has 4 heteroatoms. The maximum absolute atomic E-state index is 12.7. The number of ether oxygens (including phenoxy) is 1. The molecular weight excluding hydrogens is 223 g/mol. The minimum atomic E-state index is -0.658. The molecule has 0 aliphatic carbocycles. The molecule has 1 aromatic carbocycles. The molecule has 0 spiro atoms. The third-order valence-corrected chi connectivity index (χ3v) is 2.06. The van der Waals surface area contributed by atoms with Gasteiger partial charge in [0.25, 0.3) is 0 Å². The number of carbonyl (C=O) groups excluding carboxylic acids is 1. The van der Waals surface area contributed by atoms with Gasteiger partial charge in [0, 0.05) is 5.41 Å². The van der Waals surface area contributed by atoms with Crippen LogP contribution in [0.2, 0.25) is 0 Å². The Hall–Kier alpha value is -1.84. The first kappa shape index (κ1) is 13.2. The molecule has 92 valence electrons. The Kier molecular flexibility index (Phi) is 3.89. The van der Waals surface area contributed by atoms with E-state index in [-0.39, 0.29) is 11.5 Å². The molecule has 0 heterocycles. The summed E-state index contributed by atoms with van der Waals surface area (Å²) in [7, 11) is 0. The molecule has 0 aromatic heterocycles. The van der Waals surface area contributed by atoms with Gasteiger partial charge in [0.2, 0.25) is 11.5 Å². The van der Waals surface area contributed by atoms with Crippen molar-refractivity contribution in [3.05, 3.63) is 42.1 Å². The van der Waals surface area contributed by atoms with E-state index in [1.807, 2.05) is 0 Å². The molecule has 0 unspecified atom stereocenters. The highest BCUT2D eigenvalue weighted by atomic mass is 19.1. The summed E-state index contributed by atoms with van der Waals surface area (Å²) in [4.78, 5) is 11.8. The summed E-state index contributed by atoms with van der Waals surface area (Å²) in [5, 5.41) is 8.99. The number of benzene rings is 1. The van der Waals surface area contributed by atoms with Crippen molar-refractivity contribution in [1.82, 2.24) is 0 Å². The summed E-state index contributed by atoms with van der Waals surface area (Å²) >= 11 is 0. The number of ketones is 1. The van der Waals surface area contributed by atoms with Crippen LogP contribution < -0.4 is 4.74 Å². The number of allylic oxidation sites excluding steroid dienone is 1. The summed E-state index contributed by atoms with van der Waals surface area (Å²) in [5.41, 5.74) is -0.658. The Balaban J connectivity index is 2.86. The SMILES string of the molecule is CC(C)(C)C(=O)C(=CO)Oc1ccc(F)cc1. The smallest absolute Gasteiger partial charge is 0.206 e. The number of rotatable bonds is 3. The van der Waals surface area contributed by atoms with Crippen molar-refractivity contribution in [2.75, 3.05) is 0 Å². The summed E-state index contributed by atoms with van der Waals surface area (Å²) in [6, 6.07) is 5.20. The standard InChI is InChI=1S/C13H15FO3/c1-13(2,3)12(16)11(8-15)17-10-6-4-9(14)5-7-10/h4-8,15H,1-3H3. The molecule has 1 aromatic rings. The van der Waals surface area contributed by atoms with Crippen molar-refractivity contribution >= 4 is 5.78 Å². The van der Waals surface area contributed by atoms with Crippen LogP contribution in [-0.4, -0.2) is 10.9 Å². The van der Waals surface area contributed by atoms with E-state index in [0.717, 1.165) is 0 Å². The zero-order valence-corrected chi connectivity index (χ0v) is 10.0. The monoisotopic (exact) mass is 238 g/mol. The number of Topliss-reactive ketones (excluding diaryl/α,β-unsaturated/α-hetero) is 1. The molecule has 0 fully saturated rings. The van der Waals surface area contributed by atoms with Crippen molar-refractivity contribution in [2.45, 2.75) is 20.8 Å². The van der Waals surface area contributed by atoms with E-state index < -0.39 is 11.2 Å². The van der Waals surface area contributed by atoms with E-state index >= 15 is 0 Å². The van der Waals surface area contributed by atoms with Crippen LogP contribution in [0.4, 0.5) is 4.39 Å². The van der Waals surface area contributed by atoms with Crippen LogP contribution in [0.3, 0.4) is 0 Å². The van der Waals surface area contributed by atoms with Gasteiger partial charge in [-0.05, 0) is 24.3 Å². The first-order valence-corrected chi connectivity index (χ1v) is 5.17. The quantitative estimate of drug-likeness (QED) is 0.649. The number of carbonyl (C=O) groups is 1. The molecule has 0 saturated heterocycles. The van der Waals surface area contributed by atoms with Gasteiger partial charge in [0.1, 0.15) is 17.8 Å². The van der Waals surface area contributed by atoms with Crippen LogP contribution in [0, 0.1) is 11.2 Å². The molecule has 0 bridgehead atoms. The van der Waals surface area contributed by atoms with Crippen LogP contribution in [0.15, 0.2) is 36.3 Å². The van der Waals surface area contributed by atoms with Gasteiger partial charge in [0.05, 0.1) is 0 Å².